The van der Waals surface area contributed by atoms with Gasteiger partial charge in [0.2, 0.25) is 0 Å². The van der Waals surface area contributed by atoms with Gasteiger partial charge in [-0.2, -0.15) is 0 Å². The lowest BCUT2D eigenvalue weighted by molar-refractivity contribution is 0.534. The minimum atomic E-state index is -0.575. The molecule has 0 bridgehead atoms. The molecule has 0 aromatic heterocycles. The molecule has 2 aromatic carbocycles. The quantitative estimate of drug-likeness (QED) is 0.504. The molecule has 0 amide bonds. The van der Waals surface area contributed by atoms with Crippen molar-refractivity contribution in [3.63, 3.8) is 0 Å². The Bertz CT molecular complexity index is 570. The summed E-state index contributed by atoms with van der Waals surface area (Å²) < 4.78 is 26.5. The Morgan fingerprint density at radius 3 is 2.40 bits per heavy atom. The Kier molecular flexibility index (Phi) is 5.11. The molecule has 0 fully saturated rings. The van der Waals surface area contributed by atoms with Gasteiger partial charge in [0, 0.05) is 11.0 Å². The first kappa shape index (κ1) is 15.0. The lowest BCUT2D eigenvalue weighted by Gasteiger charge is -2.19. The molecule has 0 spiro atoms. The maximum atomic E-state index is 13.2. The molecule has 1 unspecified atom stereocenters. The van der Waals surface area contributed by atoms with E-state index in [-0.39, 0.29) is 6.04 Å². The third kappa shape index (κ3) is 3.56. The maximum Gasteiger partial charge on any atom is 0.126 e. The van der Waals surface area contributed by atoms with E-state index in [2.05, 4.69) is 5.43 Å². The topological polar surface area (TPSA) is 38.0 Å². The van der Waals surface area contributed by atoms with E-state index in [1.165, 1.54) is 12.1 Å². The third-order valence-electron chi connectivity index (χ3n) is 3.08. The monoisotopic (exact) mass is 294 g/mol. The van der Waals surface area contributed by atoms with Crippen molar-refractivity contribution < 1.29 is 8.78 Å². The molecule has 106 valence electrons. The van der Waals surface area contributed by atoms with Gasteiger partial charge in [0.15, 0.2) is 0 Å². The molecule has 2 aromatic rings. The van der Waals surface area contributed by atoms with Crippen LogP contribution < -0.4 is 11.3 Å². The lowest BCUT2D eigenvalue weighted by Crippen LogP contribution is -2.30. The predicted octanol–water partition coefficient (Wildman–Crippen LogP) is 3.43. The number of rotatable bonds is 5. The molecular weight excluding hydrogens is 278 g/mol. The van der Waals surface area contributed by atoms with E-state index in [4.69, 9.17) is 5.84 Å². The van der Waals surface area contributed by atoms with Gasteiger partial charge in [-0.05, 0) is 42.0 Å². The highest BCUT2D eigenvalue weighted by atomic mass is 32.2. The molecule has 1 atom stereocenters. The van der Waals surface area contributed by atoms with Gasteiger partial charge in [-0.25, -0.2) is 8.78 Å². The molecule has 0 radical (unpaired) electrons. The summed E-state index contributed by atoms with van der Waals surface area (Å²) in [6.07, 6.45) is 2.40. The molecule has 0 heterocycles. The first-order valence-corrected chi connectivity index (χ1v) is 7.40. The van der Waals surface area contributed by atoms with Crippen molar-refractivity contribution in [3.05, 3.63) is 65.2 Å². The van der Waals surface area contributed by atoms with Crippen LogP contribution in [-0.2, 0) is 6.42 Å². The molecule has 3 N–H and O–H groups in total. The average molecular weight is 294 g/mol. The van der Waals surface area contributed by atoms with Gasteiger partial charge in [0.1, 0.15) is 11.6 Å². The van der Waals surface area contributed by atoms with Crippen LogP contribution in [0, 0.1) is 11.6 Å². The lowest BCUT2D eigenvalue weighted by atomic mass is 9.99. The minimum absolute atomic E-state index is 0.195. The minimum Gasteiger partial charge on any atom is -0.271 e. The number of hydrogen-bond acceptors (Lipinski definition) is 3. The normalized spacial score (nSPS) is 12.4. The highest BCUT2D eigenvalue weighted by Gasteiger charge is 2.15. The second kappa shape index (κ2) is 6.83. The van der Waals surface area contributed by atoms with E-state index < -0.39 is 11.6 Å². The van der Waals surface area contributed by atoms with Crippen molar-refractivity contribution >= 4 is 11.8 Å². The molecule has 0 aliphatic carbocycles. The largest absolute Gasteiger partial charge is 0.271 e. The fourth-order valence-corrected chi connectivity index (χ4v) is 2.84. The zero-order valence-electron chi connectivity index (χ0n) is 11.1. The summed E-state index contributed by atoms with van der Waals surface area (Å²) in [5, 5.41) is 0. The van der Waals surface area contributed by atoms with Crippen LogP contribution in [0.5, 0.6) is 0 Å². The number of hydrazine groups is 1. The van der Waals surface area contributed by atoms with Gasteiger partial charge in [0.25, 0.3) is 0 Å². The predicted molar refractivity (Wildman–Crippen MR) is 78.3 cm³/mol. The Morgan fingerprint density at radius 2 is 1.80 bits per heavy atom. The van der Waals surface area contributed by atoms with Gasteiger partial charge in [-0.3, -0.25) is 11.3 Å². The summed E-state index contributed by atoms with van der Waals surface area (Å²) in [6, 6.07) is 11.2. The highest BCUT2D eigenvalue weighted by molar-refractivity contribution is 7.98. The highest BCUT2D eigenvalue weighted by Crippen LogP contribution is 2.27. The van der Waals surface area contributed by atoms with Gasteiger partial charge >= 0.3 is 0 Å². The molecule has 2 nitrogen and oxygen atoms in total. The van der Waals surface area contributed by atoms with E-state index in [9.17, 15) is 8.78 Å². The summed E-state index contributed by atoms with van der Waals surface area (Å²) in [7, 11) is 0. The number of thioether (sulfide) groups is 1. The van der Waals surface area contributed by atoms with Crippen LogP contribution in [0.15, 0.2) is 47.4 Å². The first-order chi connectivity index (χ1) is 9.63. The van der Waals surface area contributed by atoms with Gasteiger partial charge < -0.3 is 0 Å². The SMILES string of the molecule is CSc1ccccc1C(Cc1cc(F)cc(F)c1)NN. The van der Waals surface area contributed by atoms with E-state index in [0.717, 1.165) is 16.5 Å². The summed E-state index contributed by atoms with van der Waals surface area (Å²) in [4.78, 5) is 1.09. The Labute approximate surface area is 121 Å². The summed E-state index contributed by atoms with van der Waals surface area (Å²) >= 11 is 1.61. The van der Waals surface area contributed by atoms with Crippen LogP contribution in [0.4, 0.5) is 8.78 Å². The van der Waals surface area contributed by atoms with Gasteiger partial charge in [-0.15, -0.1) is 11.8 Å². The molecule has 0 aliphatic heterocycles. The number of nitrogens with one attached hydrogen (secondary N) is 1. The molecule has 2 rings (SSSR count). The van der Waals surface area contributed by atoms with Crippen molar-refractivity contribution in [1.29, 1.82) is 0 Å². The van der Waals surface area contributed by atoms with Crippen molar-refractivity contribution in [2.45, 2.75) is 17.4 Å². The number of halogens is 2. The molecular formula is C15H16F2N2S. The molecule has 0 saturated carbocycles. The summed E-state index contributed by atoms with van der Waals surface area (Å²) in [5.74, 6) is 4.46. The number of nitrogens with two attached hydrogens (primary N) is 1. The van der Waals surface area contributed by atoms with Crippen molar-refractivity contribution in [1.82, 2.24) is 5.43 Å². The van der Waals surface area contributed by atoms with E-state index in [0.29, 0.717) is 12.0 Å². The van der Waals surface area contributed by atoms with Crippen LogP contribution in [0.25, 0.3) is 0 Å². The van der Waals surface area contributed by atoms with E-state index in [1.54, 1.807) is 11.8 Å². The Hall–Kier alpha value is -1.43. The van der Waals surface area contributed by atoms with Crippen LogP contribution >= 0.6 is 11.8 Å². The Balaban J connectivity index is 2.28. The van der Waals surface area contributed by atoms with Crippen LogP contribution in [0.1, 0.15) is 17.2 Å². The summed E-state index contributed by atoms with van der Waals surface area (Å²) in [5.41, 5.74) is 4.31. The van der Waals surface area contributed by atoms with E-state index in [1.807, 2.05) is 30.5 Å². The van der Waals surface area contributed by atoms with Crippen LogP contribution in [0.3, 0.4) is 0 Å². The van der Waals surface area contributed by atoms with Crippen molar-refractivity contribution in [2.24, 2.45) is 5.84 Å². The average Bonchev–Trinajstić information content (AvgIpc) is 2.43. The molecule has 20 heavy (non-hydrogen) atoms. The van der Waals surface area contributed by atoms with Crippen LogP contribution in [0.2, 0.25) is 0 Å². The number of benzene rings is 2. The first-order valence-electron chi connectivity index (χ1n) is 6.18. The molecule has 5 heteroatoms. The summed E-state index contributed by atoms with van der Waals surface area (Å²) in [6.45, 7) is 0. The second-order valence-corrected chi connectivity index (χ2v) is 5.29. The third-order valence-corrected chi connectivity index (χ3v) is 3.89. The molecule has 0 saturated heterocycles. The maximum absolute atomic E-state index is 13.2. The van der Waals surface area contributed by atoms with Gasteiger partial charge in [-0.1, -0.05) is 18.2 Å². The van der Waals surface area contributed by atoms with Crippen LogP contribution in [-0.4, -0.2) is 6.26 Å². The fraction of sp³-hybridized carbons (Fsp3) is 0.200. The smallest absolute Gasteiger partial charge is 0.126 e. The zero-order chi connectivity index (χ0) is 14.5. The second-order valence-electron chi connectivity index (χ2n) is 4.44. The fourth-order valence-electron chi connectivity index (χ4n) is 2.18. The van der Waals surface area contributed by atoms with Crippen molar-refractivity contribution in [3.8, 4) is 0 Å². The standard InChI is InChI=1S/C15H16F2N2S/c1-20-15-5-3-2-4-13(15)14(19-18)8-10-6-11(16)9-12(17)7-10/h2-7,9,14,19H,8,18H2,1H3. The molecule has 0 aliphatic rings. The van der Waals surface area contributed by atoms with E-state index >= 15 is 0 Å². The zero-order valence-corrected chi connectivity index (χ0v) is 11.9. The van der Waals surface area contributed by atoms with Gasteiger partial charge in [0.05, 0.1) is 6.04 Å². The number of hydrogen-bond donors (Lipinski definition) is 2. The Morgan fingerprint density at radius 1 is 1.15 bits per heavy atom. The van der Waals surface area contributed by atoms with Crippen molar-refractivity contribution in [2.75, 3.05) is 6.26 Å².